The van der Waals surface area contributed by atoms with Gasteiger partial charge in [0.1, 0.15) is 0 Å². The second-order valence-corrected chi connectivity index (χ2v) is 3.52. The van der Waals surface area contributed by atoms with E-state index >= 15 is 0 Å². The fourth-order valence-corrected chi connectivity index (χ4v) is 1.45. The molecule has 0 saturated carbocycles. The topological polar surface area (TPSA) is 68.1 Å². The Hall–Kier alpha value is -2.43. The molecule has 17 heavy (non-hydrogen) atoms. The Morgan fingerprint density at radius 1 is 1.24 bits per heavy atom. The van der Waals surface area contributed by atoms with Crippen LogP contribution in [0.1, 0.15) is 5.56 Å². The van der Waals surface area contributed by atoms with Crippen molar-refractivity contribution in [2.75, 3.05) is 5.32 Å². The van der Waals surface area contributed by atoms with Crippen molar-refractivity contribution in [3.05, 3.63) is 64.5 Å². The van der Waals surface area contributed by atoms with Crippen LogP contribution in [0.3, 0.4) is 0 Å². The molecular formula is C12H11N3O2. The lowest BCUT2D eigenvalue weighted by atomic mass is 10.2. The summed E-state index contributed by atoms with van der Waals surface area (Å²) >= 11 is 0. The predicted molar refractivity (Wildman–Crippen MR) is 64.7 cm³/mol. The van der Waals surface area contributed by atoms with Gasteiger partial charge in [0.05, 0.1) is 4.92 Å². The molecule has 0 spiro atoms. The number of hydrogen-bond acceptors (Lipinski definition) is 4. The minimum atomic E-state index is -0.393. The third-order valence-corrected chi connectivity index (χ3v) is 2.30. The van der Waals surface area contributed by atoms with Gasteiger partial charge >= 0.3 is 0 Å². The summed E-state index contributed by atoms with van der Waals surface area (Å²) in [6.45, 7) is 0.547. The summed E-state index contributed by atoms with van der Waals surface area (Å²) in [5.41, 5.74) is 1.92. The number of nitrogens with one attached hydrogen (secondary N) is 1. The van der Waals surface area contributed by atoms with Gasteiger partial charge in [-0.2, -0.15) is 0 Å². The Labute approximate surface area is 98.3 Å². The minimum absolute atomic E-state index is 0.110. The van der Waals surface area contributed by atoms with Crippen molar-refractivity contribution in [3.8, 4) is 0 Å². The third-order valence-electron chi connectivity index (χ3n) is 2.30. The molecule has 0 saturated heterocycles. The van der Waals surface area contributed by atoms with Gasteiger partial charge in [-0.3, -0.25) is 15.1 Å². The van der Waals surface area contributed by atoms with Gasteiger partial charge in [-0.15, -0.1) is 0 Å². The van der Waals surface area contributed by atoms with Crippen molar-refractivity contribution >= 4 is 11.4 Å². The van der Waals surface area contributed by atoms with Crippen LogP contribution < -0.4 is 5.32 Å². The van der Waals surface area contributed by atoms with E-state index < -0.39 is 4.92 Å². The maximum Gasteiger partial charge on any atom is 0.269 e. The van der Waals surface area contributed by atoms with E-state index in [9.17, 15) is 10.1 Å². The number of hydrogen-bond donors (Lipinski definition) is 1. The highest BCUT2D eigenvalue weighted by Gasteiger charge is 2.04. The highest BCUT2D eigenvalue weighted by atomic mass is 16.6. The Kier molecular flexibility index (Phi) is 3.30. The lowest BCUT2D eigenvalue weighted by Gasteiger charge is -2.05. The van der Waals surface area contributed by atoms with Gasteiger partial charge in [-0.05, 0) is 17.7 Å². The molecule has 5 nitrogen and oxygen atoms in total. The van der Waals surface area contributed by atoms with Crippen LogP contribution in [0.5, 0.6) is 0 Å². The first-order chi connectivity index (χ1) is 8.25. The maximum atomic E-state index is 10.6. The number of nitro groups is 1. The van der Waals surface area contributed by atoms with Crippen LogP contribution in [0.15, 0.2) is 48.8 Å². The first kappa shape index (κ1) is 11.1. The van der Waals surface area contributed by atoms with Gasteiger partial charge in [-0.25, -0.2) is 0 Å². The number of aromatic nitrogens is 1. The number of nitro benzene ring substituents is 1. The van der Waals surface area contributed by atoms with Crippen LogP contribution in [-0.4, -0.2) is 9.91 Å². The van der Waals surface area contributed by atoms with Gasteiger partial charge in [0.2, 0.25) is 0 Å². The zero-order chi connectivity index (χ0) is 12.1. The van der Waals surface area contributed by atoms with Crippen molar-refractivity contribution in [2.45, 2.75) is 6.54 Å². The van der Waals surface area contributed by atoms with E-state index in [1.165, 1.54) is 6.07 Å². The molecule has 0 unspecified atom stereocenters. The second-order valence-electron chi connectivity index (χ2n) is 3.52. The van der Waals surface area contributed by atoms with Gasteiger partial charge in [0, 0.05) is 36.8 Å². The molecule has 5 heteroatoms. The molecule has 1 heterocycles. The summed E-state index contributed by atoms with van der Waals surface area (Å²) < 4.78 is 0. The number of non-ortho nitro benzene ring substituents is 1. The van der Waals surface area contributed by atoms with Gasteiger partial charge < -0.3 is 5.32 Å². The second kappa shape index (κ2) is 5.07. The van der Waals surface area contributed by atoms with E-state index in [0.29, 0.717) is 6.54 Å². The minimum Gasteiger partial charge on any atom is -0.381 e. The zero-order valence-corrected chi connectivity index (χ0v) is 9.04. The number of rotatable bonds is 4. The summed E-state index contributed by atoms with van der Waals surface area (Å²) in [7, 11) is 0. The monoisotopic (exact) mass is 229 g/mol. The fraction of sp³-hybridized carbons (Fsp3) is 0.0833. The number of nitrogens with zero attached hydrogens (tertiary/aromatic N) is 2. The average molecular weight is 229 g/mol. The molecule has 0 amide bonds. The molecular weight excluding hydrogens is 218 g/mol. The molecule has 2 aromatic rings. The smallest absolute Gasteiger partial charge is 0.269 e. The van der Waals surface area contributed by atoms with E-state index in [-0.39, 0.29) is 5.69 Å². The molecule has 0 bridgehead atoms. The average Bonchev–Trinajstić information content (AvgIpc) is 2.38. The number of benzene rings is 1. The molecule has 0 radical (unpaired) electrons. The largest absolute Gasteiger partial charge is 0.381 e. The predicted octanol–water partition coefficient (Wildman–Crippen LogP) is 2.60. The van der Waals surface area contributed by atoms with Crippen molar-refractivity contribution in [1.82, 2.24) is 4.98 Å². The van der Waals surface area contributed by atoms with Crippen LogP contribution in [0, 0.1) is 10.1 Å². The van der Waals surface area contributed by atoms with E-state index in [0.717, 1.165) is 11.3 Å². The summed E-state index contributed by atoms with van der Waals surface area (Å²) in [4.78, 5) is 14.1. The molecule has 0 aliphatic heterocycles. The van der Waals surface area contributed by atoms with Crippen molar-refractivity contribution in [1.29, 1.82) is 0 Å². The Morgan fingerprint density at radius 3 is 2.71 bits per heavy atom. The number of anilines is 1. The normalized spacial score (nSPS) is 9.88. The van der Waals surface area contributed by atoms with Crippen molar-refractivity contribution in [3.63, 3.8) is 0 Å². The maximum absolute atomic E-state index is 10.6. The quantitative estimate of drug-likeness (QED) is 0.646. The van der Waals surface area contributed by atoms with Crippen LogP contribution in [0.25, 0.3) is 0 Å². The SMILES string of the molecule is O=[N+]([O-])c1cccc(CNc2ccncc2)c1. The molecule has 1 N–H and O–H groups in total. The van der Waals surface area contributed by atoms with Gasteiger partial charge in [-0.1, -0.05) is 12.1 Å². The molecule has 1 aromatic heterocycles. The Morgan fingerprint density at radius 2 is 2.00 bits per heavy atom. The van der Waals surface area contributed by atoms with Crippen LogP contribution >= 0.6 is 0 Å². The molecule has 0 atom stereocenters. The van der Waals surface area contributed by atoms with E-state index in [4.69, 9.17) is 0 Å². The highest BCUT2D eigenvalue weighted by molar-refractivity contribution is 5.43. The molecule has 86 valence electrons. The van der Waals surface area contributed by atoms with E-state index in [1.807, 2.05) is 18.2 Å². The summed E-state index contributed by atoms with van der Waals surface area (Å²) in [6, 6.07) is 10.3. The Bertz CT molecular complexity index is 514. The van der Waals surface area contributed by atoms with E-state index in [1.54, 1.807) is 24.5 Å². The lowest BCUT2D eigenvalue weighted by Crippen LogP contribution is -2.00. The van der Waals surface area contributed by atoms with E-state index in [2.05, 4.69) is 10.3 Å². The van der Waals surface area contributed by atoms with Crippen molar-refractivity contribution < 1.29 is 4.92 Å². The summed E-state index contributed by atoms with van der Waals surface area (Å²) in [6.07, 6.45) is 3.38. The first-order valence-corrected chi connectivity index (χ1v) is 5.13. The number of pyridine rings is 1. The lowest BCUT2D eigenvalue weighted by molar-refractivity contribution is -0.384. The van der Waals surface area contributed by atoms with Gasteiger partial charge in [0.15, 0.2) is 0 Å². The standard InChI is InChI=1S/C12H11N3O2/c16-15(17)12-3-1-2-10(8-12)9-14-11-4-6-13-7-5-11/h1-8H,9H2,(H,13,14). The van der Waals surface area contributed by atoms with Crippen LogP contribution in [0.2, 0.25) is 0 Å². The summed E-state index contributed by atoms with van der Waals surface area (Å²) in [5, 5.41) is 13.8. The molecule has 0 aliphatic rings. The third kappa shape index (κ3) is 3.01. The van der Waals surface area contributed by atoms with Crippen LogP contribution in [0.4, 0.5) is 11.4 Å². The van der Waals surface area contributed by atoms with Gasteiger partial charge in [0.25, 0.3) is 5.69 Å². The molecule has 1 aromatic carbocycles. The highest BCUT2D eigenvalue weighted by Crippen LogP contribution is 2.14. The molecule has 0 fully saturated rings. The summed E-state index contributed by atoms with van der Waals surface area (Å²) in [5.74, 6) is 0. The molecule has 2 rings (SSSR count). The first-order valence-electron chi connectivity index (χ1n) is 5.13. The van der Waals surface area contributed by atoms with Crippen molar-refractivity contribution in [2.24, 2.45) is 0 Å². The Balaban J connectivity index is 2.04. The zero-order valence-electron chi connectivity index (χ0n) is 9.04. The van der Waals surface area contributed by atoms with Crippen LogP contribution in [-0.2, 0) is 6.54 Å². The fourth-order valence-electron chi connectivity index (χ4n) is 1.45. The molecule has 0 aliphatic carbocycles.